The number of nitrogens with one attached hydrogen (secondary N) is 2. The normalized spacial score (nSPS) is 10.6. The maximum absolute atomic E-state index is 12.1. The van der Waals surface area contributed by atoms with Crippen molar-refractivity contribution < 1.29 is 9.32 Å². The van der Waals surface area contributed by atoms with Crippen molar-refractivity contribution in [3.05, 3.63) is 36.1 Å². The van der Waals surface area contributed by atoms with Crippen molar-refractivity contribution in [3.8, 4) is 11.5 Å². The van der Waals surface area contributed by atoms with Crippen LogP contribution in [-0.4, -0.2) is 53.3 Å². The summed E-state index contributed by atoms with van der Waals surface area (Å²) < 4.78 is 5.01. The number of amides is 2. The fraction of sp³-hybridized carbons (Fsp3) is 0.357. The fourth-order valence-electron chi connectivity index (χ4n) is 1.98. The van der Waals surface area contributed by atoms with Crippen LogP contribution in [0.5, 0.6) is 0 Å². The molecule has 0 atom stereocenters. The fourth-order valence-corrected chi connectivity index (χ4v) is 1.98. The van der Waals surface area contributed by atoms with Crippen molar-refractivity contribution in [3.63, 3.8) is 0 Å². The lowest BCUT2D eigenvalue weighted by molar-refractivity contribution is 0.204. The van der Waals surface area contributed by atoms with E-state index >= 15 is 0 Å². The van der Waals surface area contributed by atoms with E-state index in [0.717, 1.165) is 0 Å². The highest BCUT2D eigenvalue weighted by Gasteiger charge is 2.14. The van der Waals surface area contributed by atoms with E-state index in [1.165, 1.54) is 4.90 Å². The van der Waals surface area contributed by atoms with Gasteiger partial charge in [0.25, 0.3) is 0 Å². The average molecular weight is 343 g/mol. The van der Waals surface area contributed by atoms with Gasteiger partial charge in [0.05, 0.1) is 19.3 Å². The first kappa shape index (κ1) is 16.5. The molecule has 0 spiro atoms. The van der Waals surface area contributed by atoms with E-state index in [4.69, 9.17) is 4.52 Å². The zero-order valence-electron chi connectivity index (χ0n) is 13.8. The van der Waals surface area contributed by atoms with Gasteiger partial charge in [-0.3, -0.25) is 10.1 Å². The first-order valence-corrected chi connectivity index (χ1v) is 7.63. The second-order valence-electron chi connectivity index (χ2n) is 5.17. The summed E-state index contributed by atoms with van der Waals surface area (Å²) in [4.78, 5) is 30.1. The molecule has 0 saturated heterocycles. The number of H-pyrrole nitrogens is 1. The smallest absolute Gasteiger partial charge is 0.317 e. The predicted molar refractivity (Wildman–Crippen MR) is 84.8 cm³/mol. The minimum atomic E-state index is -0.291. The van der Waals surface area contributed by atoms with Crippen LogP contribution >= 0.6 is 0 Å². The molecule has 0 unspecified atom stereocenters. The van der Waals surface area contributed by atoms with Crippen LogP contribution in [0.4, 0.5) is 4.79 Å². The minimum absolute atomic E-state index is 0.197. The zero-order valence-corrected chi connectivity index (χ0v) is 13.8. The number of aromatic nitrogens is 7. The second-order valence-corrected chi connectivity index (χ2v) is 5.17. The monoisotopic (exact) mass is 343 g/mol. The second kappa shape index (κ2) is 7.47. The lowest BCUT2D eigenvalue weighted by Crippen LogP contribution is -2.36. The van der Waals surface area contributed by atoms with Gasteiger partial charge in [0.2, 0.25) is 11.7 Å². The van der Waals surface area contributed by atoms with Gasteiger partial charge in [-0.1, -0.05) is 12.1 Å². The van der Waals surface area contributed by atoms with E-state index in [9.17, 15) is 4.79 Å². The summed E-state index contributed by atoms with van der Waals surface area (Å²) in [6.45, 7) is 2.36. The molecule has 3 rings (SSSR count). The van der Waals surface area contributed by atoms with Crippen molar-refractivity contribution in [2.24, 2.45) is 0 Å². The molecule has 0 aliphatic heterocycles. The molecule has 0 aliphatic rings. The van der Waals surface area contributed by atoms with Crippen molar-refractivity contribution >= 4 is 6.03 Å². The molecule has 11 heteroatoms. The summed E-state index contributed by atoms with van der Waals surface area (Å²) in [6, 6.07) is -0.291. The van der Waals surface area contributed by atoms with Crippen LogP contribution in [0.15, 0.2) is 23.1 Å². The highest BCUT2D eigenvalue weighted by atomic mass is 16.5. The highest BCUT2D eigenvalue weighted by Crippen LogP contribution is 2.08. The quantitative estimate of drug-likeness (QED) is 0.661. The molecule has 3 aromatic rings. The van der Waals surface area contributed by atoms with Crippen molar-refractivity contribution in [1.29, 1.82) is 0 Å². The summed E-state index contributed by atoms with van der Waals surface area (Å²) in [7, 11) is 1.64. The number of urea groups is 1. The van der Waals surface area contributed by atoms with Gasteiger partial charge < -0.3 is 14.7 Å². The molecule has 11 nitrogen and oxygen atoms in total. The molecular formula is C14H17N9O2. The molecule has 25 heavy (non-hydrogen) atoms. The zero-order chi connectivity index (χ0) is 17.6. The van der Waals surface area contributed by atoms with Crippen LogP contribution in [0.3, 0.4) is 0 Å². The third-order valence-electron chi connectivity index (χ3n) is 3.27. The van der Waals surface area contributed by atoms with E-state index in [1.54, 1.807) is 25.6 Å². The van der Waals surface area contributed by atoms with E-state index in [0.29, 0.717) is 35.5 Å². The topological polar surface area (TPSA) is 139 Å². The van der Waals surface area contributed by atoms with E-state index in [2.05, 4.69) is 40.6 Å². The van der Waals surface area contributed by atoms with E-state index in [-0.39, 0.29) is 19.1 Å². The Labute approximate surface area is 142 Å². The Kier molecular flexibility index (Phi) is 4.92. The lowest BCUT2D eigenvalue weighted by atomic mass is 10.4. The Morgan fingerprint density at radius 3 is 2.96 bits per heavy atom. The van der Waals surface area contributed by atoms with Crippen molar-refractivity contribution in [2.75, 3.05) is 7.05 Å². The SMILES string of the molecule is CCc1nc(CN(C)C(=O)NCc2nc(-c3cnccn3)n[nH]2)no1. The third-order valence-corrected chi connectivity index (χ3v) is 3.27. The van der Waals surface area contributed by atoms with Gasteiger partial charge in [0.1, 0.15) is 11.5 Å². The maximum atomic E-state index is 12.1. The molecule has 3 heterocycles. The standard InChI is InChI=1S/C14H17N9O2/c1-3-12-18-11(22-25-12)8-23(2)14(24)17-7-10-19-13(21-20-10)9-6-15-4-5-16-9/h4-6H,3,7-8H2,1-2H3,(H,17,24)(H,19,20,21). The van der Waals surface area contributed by atoms with Crippen LogP contribution in [0, 0.1) is 0 Å². The van der Waals surface area contributed by atoms with Crippen molar-refractivity contribution in [2.45, 2.75) is 26.4 Å². The summed E-state index contributed by atoms with van der Waals surface area (Å²) >= 11 is 0. The first-order chi connectivity index (χ1) is 12.2. The first-order valence-electron chi connectivity index (χ1n) is 7.63. The Bertz CT molecular complexity index is 830. The van der Waals surface area contributed by atoms with Gasteiger partial charge in [-0.15, -0.1) is 0 Å². The largest absolute Gasteiger partial charge is 0.339 e. The van der Waals surface area contributed by atoms with Gasteiger partial charge in [0, 0.05) is 25.9 Å². The molecule has 3 aromatic heterocycles. The predicted octanol–water partition coefficient (Wildman–Crippen LogP) is 0.549. The number of aromatic amines is 1. The molecule has 2 N–H and O–H groups in total. The van der Waals surface area contributed by atoms with E-state index in [1.807, 2.05) is 6.92 Å². The summed E-state index contributed by atoms with van der Waals surface area (Å²) in [5.74, 6) is 1.93. The van der Waals surface area contributed by atoms with Gasteiger partial charge in [-0.2, -0.15) is 10.1 Å². The number of hydrogen-bond acceptors (Lipinski definition) is 8. The molecule has 0 aliphatic carbocycles. The van der Waals surface area contributed by atoms with Gasteiger partial charge >= 0.3 is 6.03 Å². The molecule has 130 valence electrons. The molecule has 0 bridgehead atoms. The Hall–Kier alpha value is -3.37. The van der Waals surface area contributed by atoms with Crippen LogP contribution in [0.1, 0.15) is 24.5 Å². The Morgan fingerprint density at radius 2 is 2.24 bits per heavy atom. The number of nitrogens with zero attached hydrogens (tertiary/aromatic N) is 7. The van der Waals surface area contributed by atoms with Crippen LogP contribution in [0.2, 0.25) is 0 Å². The molecular weight excluding hydrogens is 326 g/mol. The summed E-state index contributed by atoms with van der Waals surface area (Å²) in [5, 5.41) is 13.4. The highest BCUT2D eigenvalue weighted by molar-refractivity contribution is 5.73. The summed E-state index contributed by atoms with van der Waals surface area (Å²) in [5.41, 5.74) is 0.553. The number of rotatable bonds is 6. The van der Waals surface area contributed by atoms with Crippen LogP contribution in [-0.2, 0) is 19.5 Å². The van der Waals surface area contributed by atoms with Crippen LogP contribution < -0.4 is 5.32 Å². The number of aryl methyl sites for hydroxylation is 1. The molecule has 0 aromatic carbocycles. The third kappa shape index (κ3) is 4.13. The maximum Gasteiger partial charge on any atom is 0.317 e. The molecule has 0 radical (unpaired) electrons. The molecule has 2 amide bonds. The van der Waals surface area contributed by atoms with Crippen LogP contribution in [0.25, 0.3) is 11.5 Å². The molecule has 0 saturated carbocycles. The number of carbonyl (C=O) groups is 1. The lowest BCUT2D eigenvalue weighted by Gasteiger charge is -2.15. The number of carbonyl (C=O) groups excluding carboxylic acids is 1. The van der Waals surface area contributed by atoms with E-state index < -0.39 is 0 Å². The minimum Gasteiger partial charge on any atom is -0.339 e. The van der Waals surface area contributed by atoms with Gasteiger partial charge in [0.15, 0.2) is 5.82 Å². The van der Waals surface area contributed by atoms with Gasteiger partial charge in [-0.25, -0.2) is 14.8 Å². The number of hydrogen-bond donors (Lipinski definition) is 2. The van der Waals surface area contributed by atoms with Gasteiger partial charge in [-0.05, 0) is 0 Å². The van der Waals surface area contributed by atoms with Crippen molar-refractivity contribution in [1.82, 2.24) is 45.5 Å². The molecule has 0 fully saturated rings. The summed E-state index contributed by atoms with van der Waals surface area (Å²) in [6.07, 6.45) is 5.35. The Morgan fingerprint density at radius 1 is 1.36 bits per heavy atom. The Balaban J connectivity index is 1.52. The average Bonchev–Trinajstić information content (AvgIpc) is 3.29.